The molecule has 3 aromatic rings. The maximum Gasteiger partial charge on any atom is 0.407 e. The first-order valence-corrected chi connectivity index (χ1v) is 16.2. The summed E-state index contributed by atoms with van der Waals surface area (Å²) in [6, 6.07) is 5.18. The average molecular weight is 596 g/mol. The maximum absolute atomic E-state index is 11.5. The standard InChI is InChI=1S/C27H36Cl2N4O5Si/c1-15-23(22-16(2)32-37-17(22)3)30-25(31-24(15)29)20-12-18(10-11-21(20)28)36-14-19(13-33(7)26(34)35)38-39(8,9)27(4,5)6/h10-12,19H,13-14H2,1-9H3,(H,34,35)/t19-/m1/s1. The van der Waals surface area contributed by atoms with Gasteiger partial charge in [-0.05, 0) is 57.1 Å². The van der Waals surface area contributed by atoms with Crippen LogP contribution in [0.15, 0.2) is 22.7 Å². The number of benzene rings is 1. The third kappa shape index (κ3) is 7.11. The Morgan fingerprint density at radius 2 is 1.85 bits per heavy atom. The molecule has 1 amide bonds. The molecule has 1 atom stereocenters. The van der Waals surface area contributed by atoms with Crippen LogP contribution in [-0.2, 0) is 4.43 Å². The summed E-state index contributed by atoms with van der Waals surface area (Å²) in [5.74, 6) is 1.46. The smallest absolute Gasteiger partial charge is 0.407 e. The molecule has 0 fully saturated rings. The van der Waals surface area contributed by atoms with Gasteiger partial charge in [-0.15, -0.1) is 0 Å². The molecule has 1 aromatic carbocycles. The molecule has 0 saturated heterocycles. The van der Waals surface area contributed by atoms with Crippen LogP contribution in [0.5, 0.6) is 5.75 Å². The number of aromatic nitrogens is 3. The van der Waals surface area contributed by atoms with Crippen molar-refractivity contribution in [2.24, 2.45) is 0 Å². The van der Waals surface area contributed by atoms with E-state index in [1.807, 2.05) is 20.8 Å². The van der Waals surface area contributed by atoms with Gasteiger partial charge in [-0.1, -0.05) is 49.1 Å². The number of ether oxygens (including phenoxy) is 1. The second-order valence-electron chi connectivity index (χ2n) is 11.1. The molecule has 2 heterocycles. The summed E-state index contributed by atoms with van der Waals surface area (Å²) < 4.78 is 18.0. The first kappa shape index (κ1) is 30.9. The molecule has 2 aromatic heterocycles. The van der Waals surface area contributed by atoms with E-state index in [2.05, 4.69) is 44.0 Å². The fourth-order valence-corrected chi connectivity index (χ4v) is 5.43. The van der Waals surface area contributed by atoms with Crippen LogP contribution in [-0.4, -0.2) is 65.8 Å². The highest BCUT2D eigenvalue weighted by atomic mass is 35.5. The zero-order valence-corrected chi connectivity index (χ0v) is 26.4. The largest absolute Gasteiger partial charge is 0.491 e. The third-order valence-electron chi connectivity index (χ3n) is 7.04. The van der Waals surface area contributed by atoms with E-state index >= 15 is 0 Å². The molecule has 0 aliphatic carbocycles. The number of likely N-dealkylation sites (N-methyl/N-ethyl adjacent to an activating group) is 1. The zero-order valence-electron chi connectivity index (χ0n) is 23.8. The lowest BCUT2D eigenvalue weighted by molar-refractivity contribution is 0.0794. The van der Waals surface area contributed by atoms with Gasteiger partial charge in [-0.3, -0.25) is 0 Å². The van der Waals surface area contributed by atoms with Crippen LogP contribution in [0.25, 0.3) is 22.6 Å². The Labute approximate surface area is 240 Å². The Morgan fingerprint density at radius 3 is 2.41 bits per heavy atom. The van der Waals surface area contributed by atoms with E-state index in [1.165, 1.54) is 11.9 Å². The molecule has 212 valence electrons. The number of nitrogens with zero attached hydrogens (tertiary/aromatic N) is 4. The number of halogens is 2. The molecule has 0 unspecified atom stereocenters. The van der Waals surface area contributed by atoms with Gasteiger partial charge in [0, 0.05) is 18.2 Å². The van der Waals surface area contributed by atoms with E-state index < -0.39 is 20.5 Å². The number of carboxylic acid groups (broad SMARTS) is 1. The van der Waals surface area contributed by atoms with Crippen LogP contribution in [0, 0.1) is 20.8 Å². The molecule has 0 radical (unpaired) electrons. The van der Waals surface area contributed by atoms with Gasteiger partial charge in [0.05, 0.1) is 34.6 Å². The molecule has 0 aliphatic rings. The first-order valence-electron chi connectivity index (χ1n) is 12.5. The molecular weight excluding hydrogens is 559 g/mol. The first-order chi connectivity index (χ1) is 18.0. The highest BCUT2D eigenvalue weighted by Crippen LogP contribution is 2.38. The highest BCUT2D eigenvalue weighted by molar-refractivity contribution is 6.74. The van der Waals surface area contributed by atoms with Crippen LogP contribution in [0.1, 0.15) is 37.8 Å². The van der Waals surface area contributed by atoms with Gasteiger partial charge >= 0.3 is 6.09 Å². The van der Waals surface area contributed by atoms with E-state index in [1.54, 1.807) is 18.2 Å². The SMILES string of the molecule is Cc1noc(C)c1-c1nc(-c2cc(OC[C@@H](CN(C)C(=O)O)O[Si](C)(C)C(C)(C)C)ccc2Cl)nc(Cl)c1C. The number of amides is 1. The summed E-state index contributed by atoms with van der Waals surface area (Å²) >= 11 is 13.1. The van der Waals surface area contributed by atoms with E-state index in [0.717, 1.165) is 5.56 Å². The molecule has 12 heteroatoms. The molecule has 0 aliphatic heterocycles. The van der Waals surface area contributed by atoms with Gasteiger partial charge in [0.15, 0.2) is 14.1 Å². The van der Waals surface area contributed by atoms with Gasteiger partial charge in [0.2, 0.25) is 0 Å². The Bertz CT molecular complexity index is 1340. The molecule has 1 N–H and O–H groups in total. The Balaban J connectivity index is 1.93. The number of hydrogen-bond acceptors (Lipinski definition) is 7. The van der Waals surface area contributed by atoms with Crippen molar-refractivity contribution in [3.63, 3.8) is 0 Å². The van der Waals surface area contributed by atoms with Crippen LogP contribution in [0.3, 0.4) is 0 Å². The quantitative estimate of drug-likeness (QED) is 0.201. The van der Waals surface area contributed by atoms with E-state index in [9.17, 15) is 9.90 Å². The van der Waals surface area contributed by atoms with Crippen molar-refractivity contribution < 1.29 is 23.6 Å². The lowest BCUT2D eigenvalue weighted by Gasteiger charge is -2.39. The molecule has 3 rings (SSSR count). The molecule has 9 nitrogen and oxygen atoms in total. The van der Waals surface area contributed by atoms with Crippen molar-refractivity contribution in [2.45, 2.75) is 65.8 Å². The number of hydrogen-bond donors (Lipinski definition) is 1. The Morgan fingerprint density at radius 1 is 1.18 bits per heavy atom. The van der Waals surface area contributed by atoms with Crippen molar-refractivity contribution >= 4 is 37.6 Å². The zero-order chi connectivity index (χ0) is 29.3. The summed E-state index contributed by atoms with van der Waals surface area (Å²) in [6.45, 7) is 16.4. The second-order valence-corrected chi connectivity index (χ2v) is 16.6. The topological polar surface area (TPSA) is 111 Å². The normalized spacial score (nSPS) is 12.9. The third-order valence-corrected chi connectivity index (χ3v) is 12.3. The lowest BCUT2D eigenvalue weighted by Crippen LogP contribution is -2.49. The molecular formula is C27H36Cl2N4O5Si. The lowest BCUT2D eigenvalue weighted by atomic mass is 10.1. The predicted molar refractivity (Wildman–Crippen MR) is 155 cm³/mol. The van der Waals surface area contributed by atoms with Gasteiger partial charge < -0.3 is 23.7 Å². The number of aryl methyl sites for hydroxylation is 2. The Hall–Kier alpha value is -2.66. The van der Waals surface area contributed by atoms with Crippen molar-refractivity contribution in [3.05, 3.63) is 45.4 Å². The van der Waals surface area contributed by atoms with Gasteiger partial charge in [0.25, 0.3) is 0 Å². The summed E-state index contributed by atoms with van der Waals surface area (Å²) in [5.41, 5.74) is 3.30. The summed E-state index contributed by atoms with van der Waals surface area (Å²) in [5, 5.41) is 14.1. The minimum absolute atomic E-state index is 0.0541. The van der Waals surface area contributed by atoms with Crippen LogP contribution < -0.4 is 4.74 Å². The molecule has 0 spiro atoms. The summed E-state index contributed by atoms with van der Waals surface area (Å²) in [4.78, 5) is 22.0. The average Bonchev–Trinajstić information content (AvgIpc) is 3.16. The minimum atomic E-state index is -2.20. The molecule has 39 heavy (non-hydrogen) atoms. The molecule has 0 bridgehead atoms. The number of rotatable bonds is 9. The van der Waals surface area contributed by atoms with Gasteiger partial charge in [-0.25, -0.2) is 14.8 Å². The minimum Gasteiger partial charge on any atom is -0.491 e. The van der Waals surface area contributed by atoms with Crippen molar-refractivity contribution in [3.8, 4) is 28.4 Å². The Kier molecular flexibility index (Phi) is 9.37. The van der Waals surface area contributed by atoms with Crippen molar-refractivity contribution in [2.75, 3.05) is 20.2 Å². The predicted octanol–water partition coefficient (Wildman–Crippen LogP) is 7.41. The highest BCUT2D eigenvalue weighted by Gasteiger charge is 2.39. The fraction of sp³-hybridized carbons (Fsp3) is 0.481. The van der Waals surface area contributed by atoms with Crippen molar-refractivity contribution in [1.82, 2.24) is 20.0 Å². The van der Waals surface area contributed by atoms with Gasteiger partial charge in [-0.2, -0.15) is 0 Å². The maximum atomic E-state index is 11.5. The summed E-state index contributed by atoms with van der Waals surface area (Å²) in [6.07, 6.45) is -1.50. The van der Waals surface area contributed by atoms with E-state index in [4.69, 9.17) is 41.9 Å². The molecule has 0 saturated carbocycles. The van der Waals surface area contributed by atoms with Crippen molar-refractivity contribution in [1.29, 1.82) is 0 Å². The van der Waals surface area contributed by atoms with E-state index in [0.29, 0.717) is 44.9 Å². The second kappa shape index (κ2) is 11.8. The monoisotopic (exact) mass is 594 g/mol. The van der Waals surface area contributed by atoms with Crippen LogP contribution in [0.2, 0.25) is 28.3 Å². The fourth-order valence-electron chi connectivity index (χ4n) is 3.73. The van der Waals surface area contributed by atoms with E-state index in [-0.39, 0.29) is 23.3 Å². The van der Waals surface area contributed by atoms with Crippen LogP contribution in [0.4, 0.5) is 4.79 Å². The number of carbonyl (C=O) groups is 1. The van der Waals surface area contributed by atoms with Gasteiger partial charge in [0.1, 0.15) is 23.3 Å². The summed E-state index contributed by atoms with van der Waals surface area (Å²) in [7, 11) is -0.689. The van der Waals surface area contributed by atoms with Crippen LogP contribution >= 0.6 is 23.2 Å².